The van der Waals surface area contributed by atoms with Gasteiger partial charge in [-0.05, 0) is 12.5 Å². The highest BCUT2D eigenvalue weighted by atomic mass is 19.1. The van der Waals surface area contributed by atoms with E-state index in [0.717, 1.165) is 12.1 Å². The minimum Gasteiger partial charge on any atom is -0.368 e. The fraction of sp³-hybridized carbons (Fsp3) is 0.588. The van der Waals surface area contributed by atoms with E-state index >= 15 is 0 Å². The average molecular weight is 339 g/mol. The Morgan fingerprint density at radius 2 is 2.08 bits per heavy atom. The molecule has 0 saturated carbocycles. The first kappa shape index (κ1) is 17.3. The summed E-state index contributed by atoms with van der Waals surface area (Å²) in [7, 11) is 3.59. The Bertz CT molecular complexity index is 643. The molecule has 1 unspecified atom stereocenters. The minimum absolute atomic E-state index is 0.0198. The molecule has 3 rings (SSSR count). The largest absolute Gasteiger partial charge is 0.368 e. The van der Waals surface area contributed by atoms with Gasteiger partial charge in [0.2, 0.25) is 5.79 Å². The molecule has 2 aliphatic rings. The van der Waals surface area contributed by atoms with Crippen molar-refractivity contribution >= 4 is 17.3 Å². The number of rotatable bonds is 3. The van der Waals surface area contributed by atoms with Crippen molar-refractivity contribution in [1.29, 1.82) is 0 Å². The number of benzene rings is 1. The molecule has 24 heavy (non-hydrogen) atoms. The van der Waals surface area contributed by atoms with Crippen LogP contribution in [0.15, 0.2) is 18.2 Å². The highest BCUT2D eigenvalue weighted by molar-refractivity contribution is 5.86. The van der Waals surface area contributed by atoms with Crippen molar-refractivity contribution in [3.63, 3.8) is 0 Å². The summed E-state index contributed by atoms with van der Waals surface area (Å²) in [5.41, 5.74) is 2.08. The number of hydrogen-bond donors (Lipinski definition) is 1. The number of fused-ring (bicyclic) bond motifs is 2. The third-order valence-corrected chi connectivity index (χ3v) is 4.98. The summed E-state index contributed by atoms with van der Waals surface area (Å²) in [6, 6.07) is 5.44. The zero-order chi connectivity index (χ0) is 17.5. The van der Waals surface area contributed by atoms with Crippen molar-refractivity contribution in [1.82, 2.24) is 4.48 Å². The number of nitrogens with zero attached hydrogens (tertiary/aromatic N) is 2. The van der Waals surface area contributed by atoms with Crippen LogP contribution in [0.3, 0.4) is 0 Å². The number of ether oxygens (including phenoxy) is 2. The SMILES string of the molecule is CC(=O)[N+](C)(C)c1ccc2c(c1)C1(OCCCO1)C(O)N2CCF. The molecule has 132 valence electrons. The van der Waals surface area contributed by atoms with E-state index in [1.807, 2.05) is 12.1 Å². The van der Waals surface area contributed by atoms with Gasteiger partial charge in [0, 0.05) is 29.9 Å². The molecule has 1 spiro atoms. The average Bonchev–Trinajstić information content (AvgIpc) is 2.78. The Hall–Kier alpha value is -1.54. The summed E-state index contributed by atoms with van der Waals surface area (Å²) in [5.74, 6) is -1.34. The Morgan fingerprint density at radius 1 is 1.42 bits per heavy atom. The van der Waals surface area contributed by atoms with E-state index in [1.54, 1.807) is 25.1 Å². The van der Waals surface area contributed by atoms with Gasteiger partial charge in [-0.25, -0.2) is 13.7 Å². The molecule has 0 bridgehead atoms. The standard InChI is InChI=1S/C17H24FN2O4/c1-12(21)20(2,3)13-5-6-15-14(11-13)17(23-9-4-10-24-17)16(22)19(15)8-7-18/h5-6,11,16,22H,4,7-10H2,1-3H3/q+1. The molecule has 1 fully saturated rings. The van der Waals surface area contributed by atoms with E-state index < -0.39 is 18.7 Å². The number of anilines is 1. The number of halogens is 1. The highest BCUT2D eigenvalue weighted by Gasteiger charge is 2.55. The van der Waals surface area contributed by atoms with E-state index in [1.165, 1.54) is 6.92 Å². The maximum atomic E-state index is 13.0. The minimum atomic E-state index is -1.32. The van der Waals surface area contributed by atoms with E-state index in [-0.39, 0.29) is 16.9 Å². The topological polar surface area (TPSA) is 59.0 Å². The quantitative estimate of drug-likeness (QED) is 0.846. The van der Waals surface area contributed by atoms with Crippen LogP contribution >= 0.6 is 0 Å². The van der Waals surface area contributed by atoms with Crippen LogP contribution in [0.1, 0.15) is 18.9 Å². The first-order chi connectivity index (χ1) is 11.3. The number of aliphatic hydroxyl groups is 1. The monoisotopic (exact) mass is 339 g/mol. The van der Waals surface area contributed by atoms with Crippen molar-refractivity contribution in [2.45, 2.75) is 25.4 Å². The molecule has 1 saturated heterocycles. The van der Waals surface area contributed by atoms with Gasteiger partial charge in [-0.2, -0.15) is 0 Å². The van der Waals surface area contributed by atoms with E-state index in [2.05, 4.69) is 0 Å². The van der Waals surface area contributed by atoms with Crippen molar-refractivity contribution < 1.29 is 23.8 Å². The Kier molecular flexibility index (Phi) is 4.37. The molecule has 1 aromatic rings. The molecule has 0 radical (unpaired) electrons. The van der Waals surface area contributed by atoms with Gasteiger partial charge in [0.05, 0.1) is 34.2 Å². The first-order valence-electron chi connectivity index (χ1n) is 8.13. The van der Waals surface area contributed by atoms with Crippen LogP contribution in [-0.2, 0) is 20.1 Å². The van der Waals surface area contributed by atoms with Gasteiger partial charge in [-0.15, -0.1) is 0 Å². The lowest BCUT2D eigenvalue weighted by Crippen LogP contribution is -2.51. The van der Waals surface area contributed by atoms with Crippen LogP contribution in [0, 0.1) is 0 Å². The van der Waals surface area contributed by atoms with Gasteiger partial charge in [0.15, 0.2) is 6.23 Å². The van der Waals surface area contributed by atoms with Crippen LogP contribution in [0.2, 0.25) is 0 Å². The second-order valence-corrected chi connectivity index (χ2v) is 6.65. The smallest absolute Gasteiger partial charge is 0.315 e. The van der Waals surface area contributed by atoms with Crippen molar-refractivity contribution in [3.8, 4) is 0 Å². The summed E-state index contributed by atoms with van der Waals surface area (Å²) in [6.07, 6.45) is -0.381. The van der Waals surface area contributed by atoms with Crippen molar-refractivity contribution in [2.75, 3.05) is 45.4 Å². The van der Waals surface area contributed by atoms with Crippen molar-refractivity contribution in [3.05, 3.63) is 23.8 Å². The summed E-state index contributed by atoms with van der Waals surface area (Å²) in [4.78, 5) is 13.5. The summed E-state index contributed by atoms with van der Waals surface area (Å²) in [6.45, 7) is 1.89. The Balaban J connectivity index is 2.13. The van der Waals surface area contributed by atoms with Gasteiger partial charge < -0.3 is 19.5 Å². The van der Waals surface area contributed by atoms with Gasteiger partial charge >= 0.3 is 5.91 Å². The number of amides is 1. The molecule has 0 aromatic heterocycles. The maximum Gasteiger partial charge on any atom is 0.315 e. The number of hydrogen-bond acceptors (Lipinski definition) is 5. The lowest BCUT2D eigenvalue weighted by Gasteiger charge is -2.38. The summed E-state index contributed by atoms with van der Waals surface area (Å²) < 4.78 is 24.7. The molecule has 6 nitrogen and oxygen atoms in total. The fourth-order valence-electron chi connectivity index (χ4n) is 3.25. The third-order valence-electron chi connectivity index (χ3n) is 4.98. The van der Waals surface area contributed by atoms with Gasteiger partial charge in [0.1, 0.15) is 12.4 Å². The molecule has 7 heteroatoms. The summed E-state index contributed by atoms with van der Waals surface area (Å²) in [5, 5.41) is 10.8. The molecule has 2 aliphatic heterocycles. The third kappa shape index (κ3) is 2.43. The van der Waals surface area contributed by atoms with Crippen LogP contribution in [0.4, 0.5) is 15.8 Å². The molecule has 2 heterocycles. The lowest BCUT2D eigenvalue weighted by atomic mass is 10.0. The predicted molar refractivity (Wildman–Crippen MR) is 88.3 cm³/mol. The fourth-order valence-corrected chi connectivity index (χ4v) is 3.25. The van der Waals surface area contributed by atoms with Gasteiger partial charge in [-0.3, -0.25) is 0 Å². The molecule has 1 N–H and O–H groups in total. The van der Waals surface area contributed by atoms with Crippen LogP contribution in [-0.4, -0.2) is 57.8 Å². The van der Waals surface area contributed by atoms with E-state index in [0.29, 0.717) is 24.5 Å². The normalized spacial score (nSPS) is 22.7. The molecule has 1 atom stereocenters. The van der Waals surface area contributed by atoms with Crippen LogP contribution in [0.5, 0.6) is 0 Å². The first-order valence-corrected chi connectivity index (χ1v) is 8.13. The second kappa shape index (κ2) is 6.07. The zero-order valence-corrected chi connectivity index (χ0v) is 14.3. The van der Waals surface area contributed by atoms with Crippen molar-refractivity contribution in [2.24, 2.45) is 0 Å². The predicted octanol–water partition coefficient (Wildman–Crippen LogP) is 1.50. The highest BCUT2D eigenvalue weighted by Crippen LogP contribution is 2.49. The number of quaternary nitrogens is 1. The Labute approximate surface area is 141 Å². The molecule has 1 aromatic carbocycles. The van der Waals surface area contributed by atoms with E-state index in [9.17, 15) is 14.3 Å². The number of carbonyl (C=O) groups is 1. The molecular weight excluding hydrogens is 315 g/mol. The van der Waals surface area contributed by atoms with Gasteiger partial charge in [0.25, 0.3) is 0 Å². The molecule has 0 aliphatic carbocycles. The zero-order valence-electron chi connectivity index (χ0n) is 14.3. The number of aliphatic hydroxyl groups excluding tert-OH is 1. The second-order valence-electron chi connectivity index (χ2n) is 6.65. The molecular formula is C17H24FN2O4+. The van der Waals surface area contributed by atoms with Crippen LogP contribution in [0.25, 0.3) is 0 Å². The van der Waals surface area contributed by atoms with Gasteiger partial charge in [-0.1, -0.05) is 0 Å². The maximum absolute atomic E-state index is 13.0. The molecule has 1 amide bonds. The summed E-state index contributed by atoms with van der Waals surface area (Å²) >= 11 is 0. The van der Waals surface area contributed by atoms with Crippen LogP contribution < -0.4 is 9.38 Å². The lowest BCUT2D eigenvalue weighted by molar-refractivity contribution is -0.311. The Morgan fingerprint density at radius 3 is 2.67 bits per heavy atom. The van der Waals surface area contributed by atoms with E-state index in [4.69, 9.17) is 9.47 Å². The number of carbonyl (C=O) groups excluding carboxylic acids is 1. The number of alkyl halides is 1.